The van der Waals surface area contributed by atoms with Gasteiger partial charge in [-0.3, -0.25) is 9.80 Å². The van der Waals surface area contributed by atoms with Gasteiger partial charge in [0.2, 0.25) is 0 Å². The number of ether oxygens (including phenoxy) is 3. The maximum Gasteiger partial charge on any atom is 0.328 e. The number of hydrogen-bond donors (Lipinski definition) is 3. The van der Waals surface area contributed by atoms with E-state index in [0.717, 1.165) is 61.5 Å². The van der Waals surface area contributed by atoms with Gasteiger partial charge in [-0.2, -0.15) is 0 Å². The van der Waals surface area contributed by atoms with E-state index in [1.807, 2.05) is 72.8 Å². The molecule has 0 aliphatic carbocycles. The fourth-order valence-electron chi connectivity index (χ4n) is 6.83. The lowest BCUT2D eigenvalue weighted by Crippen LogP contribution is -2.51. The molecule has 10 heteroatoms. The van der Waals surface area contributed by atoms with Gasteiger partial charge in [0.1, 0.15) is 6.04 Å². The van der Waals surface area contributed by atoms with E-state index in [0.29, 0.717) is 12.1 Å². The van der Waals surface area contributed by atoms with Crippen LogP contribution in [0.25, 0.3) is 0 Å². The van der Waals surface area contributed by atoms with E-state index in [-0.39, 0.29) is 24.7 Å². The summed E-state index contributed by atoms with van der Waals surface area (Å²) in [5.41, 5.74) is 5.40. The Bertz CT molecular complexity index is 1700. The van der Waals surface area contributed by atoms with Crippen molar-refractivity contribution >= 4 is 17.7 Å². The van der Waals surface area contributed by atoms with Gasteiger partial charge in [0.15, 0.2) is 6.29 Å². The number of anilines is 1. The van der Waals surface area contributed by atoms with Crippen LogP contribution in [0.2, 0.25) is 0 Å². The van der Waals surface area contributed by atoms with Gasteiger partial charge in [-0.1, -0.05) is 104 Å². The number of aliphatic hydroxyl groups is 1. The van der Waals surface area contributed by atoms with E-state index in [1.54, 1.807) is 6.07 Å². The van der Waals surface area contributed by atoms with Crippen LogP contribution in [0.1, 0.15) is 47.1 Å². The summed E-state index contributed by atoms with van der Waals surface area (Å²) >= 11 is 0. The molecule has 2 aliphatic rings. The normalized spacial score (nSPS) is 21.8. The lowest BCUT2D eigenvalue weighted by atomic mass is 9.90. The average Bonchev–Trinajstić information content (AvgIpc) is 3.17. The third-order valence-electron chi connectivity index (χ3n) is 9.77. The summed E-state index contributed by atoms with van der Waals surface area (Å²) in [6.07, 6.45) is -0.753. The maximum atomic E-state index is 13.1. The van der Waals surface area contributed by atoms with Crippen LogP contribution in [0, 0.1) is 5.92 Å². The largest absolute Gasteiger partial charge is 0.467 e. The first-order chi connectivity index (χ1) is 24.9. The second-order valence-electron chi connectivity index (χ2n) is 13.4. The van der Waals surface area contributed by atoms with Gasteiger partial charge in [-0.25, -0.2) is 9.59 Å². The van der Waals surface area contributed by atoms with Gasteiger partial charge in [0.25, 0.3) is 0 Å². The zero-order valence-electron chi connectivity index (χ0n) is 29.3. The van der Waals surface area contributed by atoms with Crippen molar-refractivity contribution in [3.8, 4) is 0 Å². The number of methoxy groups -OCH3 is 1. The third kappa shape index (κ3) is 9.81. The summed E-state index contributed by atoms with van der Waals surface area (Å²) < 4.78 is 18.4. The number of urea groups is 1. The zero-order valence-corrected chi connectivity index (χ0v) is 29.3. The number of amides is 2. The van der Waals surface area contributed by atoms with Crippen LogP contribution in [0.15, 0.2) is 109 Å². The SMILES string of the molecule is COC(=O)[C@H](Cc1ccccc1)NC(=O)Nc1cccc([C@@H]2O[C@H](CN3CCN(Cc4ccccc4)CC3)[C@H](C)[C@H](c3ccc(CO)cc3)O2)c1. The highest BCUT2D eigenvalue weighted by molar-refractivity contribution is 5.92. The predicted molar refractivity (Wildman–Crippen MR) is 196 cm³/mol. The molecule has 0 aromatic heterocycles. The first-order valence-corrected chi connectivity index (χ1v) is 17.7. The van der Waals surface area contributed by atoms with Gasteiger partial charge in [-0.05, 0) is 34.4 Å². The smallest absolute Gasteiger partial charge is 0.328 e. The summed E-state index contributed by atoms with van der Waals surface area (Å²) in [4.78, 5) is 30.6. The Morgan fingerprint density at radius 3 is 2.14 bits per heavy atom. The number of esters is 1. The van der Waals surface area contributed by atoms with Gasteiger partial charge >= 0.3 is 12.0 Å². The molecule has 0 saturated carbocycles. The first-order valence-electron chi connectivity index (χ1n) is 17.7. The standard InChI is InChI=1S/C41H48N4O6/c1-29-37(27-45-22-20-44(21-23-45)26-31-12-7-4-8-13-31)50-40(51-38(29)33-18-16-32(28-46)17-19-33)34-14-9-15-35(25-34)42-41(48)43-36(39(47)49-2)24-30-10-5-3-6-11-30/h3-19,25,29,36-38,40,46H,20-24,26-28H2,1-2H3,(H2,42,43,48)/t29-,36-,37+,38+,40+/m0/s1. The molecule has 2 saturated heterocycles. The van der Waals surface area contributed by atoms with Crippen molar-refractivity contribution in [2.45, 2.75) is 51.0 Å². The third-order valence-corrected chi connectivity index (χ3v) is 9.77. The summed E-state index contributed by atoms with van der Waals surface area (Å²) in [6, 6.07) is 34.0. The van der Waals surface area contributed by atoms with E-state index in [2.05, 4.69) is 57.7 Å². The Morgan fingerprint density at radius 2 is 1.47 bits per heavy atom. The van der Waals surface area contributed by atoms with E-state index < -0.39 is 24.3 Å². The second-order valence-corrected chi connectivity index (χ2v) is 13.4. The van der Waals surface area contributed by atoms with Crippen molar-refractivity contribution in [1.82, 2.24) is 15.1 Å². The molecule has 6 rings (SSSR count). The minimum absolute atomic E-state index is 0.0219. The van der Waals surface area contributed by atoms with Crippen LogP contribution in [0.5, 0.6) is 0 Å². The fourth-order valence-corrected chi connectivity index (χ4v) is 6.83. The van der Waals surface area contributed by atoms with Crippen LogP contribution in [0.4, 0.5) is 10.5 Å². The van der Waals surface area contributed by atoms with E-state index in [4.69, 9.17) is 14.2 Å². The minimum atomic E-state index is -0.856. The van der Waals surface area contributed by atoms with Crippen molar-refractivity contribution in [3.05, 3.63) is 137 Å². The van der Waals surface area contributed by atoms with Crippen molar-refractivity contribution in [1.29, 1.82) is 0 Å². The molecule has 0 bridgehead atoms. The van der Waals surface area contributed by atoms with E-state index in [1.165, 1.54) is 12.7 Å². The van der Waals surface area contributed by atoms with Gasteiger partial charge < -0.3 is 30.0 Å². The molecule has 51 heavy (non-hydrogen) atoms. The van der Waals surface area contributed by atoms with Crippen LogP contribution < -0.4 is 10.6 Å². The Kier molecular flexibility index (Phi) is 12.5. The number of piperazine rings is 1. The summed E-state index contributed by atoms with van der Waals surface area (Å²) in [5, 5.41) is 15.3. The number of carbonyl (C=O) groups excluding carboxylic acids is 2. The number of benzene rings is 4. The Balaban J connectivity index is 1.14. The monoisotopic (exact) mass is 692 g/mol. The van der Waals surface area contributed by atoms with Gasteiger partial charge in [0.05, 0.1) is 25.9 Å². The molecular weight excluding hydrogens is 644 g/mol. The highest BCUT2D eigenvalue weighted by Crippen LogP contribution is 2.42. The van der Waals surface area contributed by atoms with Crippen LogP contribution in [-0.2, 0) is 38.6 Å². The maximum absolute atomic E-state index is 13.1. The van der Waals surface area contributed by atoms with Crippen LogP contribution >= 0.6 is 0 Å². The molecular formula is C41H48N4O6. The van der Waals surface area contributed by atoms with Gasteiger partial charge in [-0.15, -0.1) is 0 Å². The van der Waals surface area contributed by atoms with Crippen molar-refractivity contribution in [3.63, 3.8) is 0 Å². The van der Waals surface area contributed by atoms with E-state index in [9.17, 15) is 14.7 Å². The Labute approximate surface area is 300 Å². The van der Waals surface area contributed by atoms with Crippen LogP contribution in [0.3, 0.4) is 0 Å². The fraction of sp³-hybridized carbons (Fsp3) is 0.366. The summed E-state index contributed by atoms with van der Waals surface area (Å²) in [5.74, 6) is -0.474. The predicted octanol–water partition coefficient (Wildman–Crippen LogP) is 5.69. The number of hydrogen-bond acceptors (Lipinski definition) is 8. The van der Waals surface area contributed by atoms with Crippen molar-refractivity contribution < 1.29 is 28.9 Å². The lowest BCUT2D eigenvalue weighted by molar-refractivity contribution is -0.276. The van der Waals surface area contributed by atoms with E-state index >= 15 is 0 Å². The molecule has 2 heterocycles. The molecule has 2 aliphatic heterocycles. The topological polar surface area (TPSA) is 113 Å². The Hall–Kier alpha value is -4.58. The number of aliphatic hydroxyl groups excluding tert-OH is 1. The molecule has 10 nitrogen and oxygen atoms in total. The van der Waals surface area contributed by atoms with Crippen molar-refractivity contribution in [2.75, 3.05) is 45.2 Å². The molecule has 268 valence electrons. The molecule has 4 aromatic carbocycles. The lowest BCUT2D eigenvalue weighted by Gasteiger charge is -2.44. The molecule has 2 amide bonds. The summed E-state index contributed by atoms with van der Waals surface area (Å²) in [7, 11) is 1.31. The van der Waals surface area contributed by atoms with Crippen LogP contribution in [-0.4, -0.2) is 78.9 Å². The molecule has 0 radical (unpaired) electrons. The van der Waals surface area contributed by atoms with Gasteiger partial charge in [0, 0.05) is 62.9 Å². The quantitative estimate of drug-likeness (QED) is 0.162. The number of nitrogens with one attached hydrogen (secondary N) is 2. The molecule has 5 atom stereocenters. The number of nitrogens with zero attached hydrogens (tertiary/aromatic N) is 2. The first kappa shape index (κ1) is 36.2. The minimum Gasteiger partial charge on any atom is -0.467 e. The number of carbonyl (C=O) groups is 2. The highest BCUT2D eigenvalue weighted by Gasteiger charge is 2.39. The molecule has 0 spiro atoms. The highest BCUT2D eigenvalue weighted by atomic mass is 16.7. The Morgan fingerprint density at radius 1 is 0.804 bits per heavy atom. The molecule has 3 N–H and O–H groups in total. The molecule has 4 aromatic rings. The average molecular weight is 693 g/mol. The second kappa shape index (κ2) is 17.6. The zero-order chi connectivity index (χ0) is 35.6. The van der Waals surface area contributed by atoms with Crippen molar-refractivity contribution in [2.24, 2.45) is 5.92 Å². The molecule has 0 unspecified atom stereocenters. The summed E-state index contributed by atoms with van der Waals surface area (Å²) in [6.45, 7) is 7.74. The molecule has 2 fully saturated rings. The number of rotatable bonds is 12.